The Balaban J connectivity index is 2.26. The Hall–Kier alpha value is -1.07. The summed E-state index contributed by atoms with van der Waals surface area (Å²) in [6, 6.07) is 6.03. The largest absolute Gasteiger partial charge is 0.384 e. The maximum Gasteiger partial charge on any atom is 0.221 e. The number of carbonyl (C=O) groups excluding carboxylic acids is 1. The highest BCUT2D eigenvalue weighted by molar-refractivity contribution is 9.10. The molecule has 0 unspecified atom stereocenters. The number of hydrogen-bond acceptors (Lipinski definition) is 3. The van der Waals surface area contributed by atoms with Crippen molar-refractivity contribution in [2.45, 2.75) is 13.3 Å². The Morgan fingerprint density at radius 3 is 2.83 bits per heavy atom. The fraction of sp³-hybridized carbons (Fsp3) is 0.462. The number of rotatable bonds is 7. The van der Waals surface area contributed by atoms with Crippen LogP contribution < -0.4 is 10.6 Å². The summed E-state index contributed by atoms with van der Waals surface area (Å²) in [6.45, 7) is 3.77. The highest BCUT2D eigenvalue weighted by Crippen LogP contribution is 2.19. The van der Waals surface area contributed by atoms with Gasteiger partial charge in [-0.1, -0.05) is 15.9 Å². The predicted octanol–water partition coefficient (Wildman–Crippen LogP) is 2.32. The second kappa shape index (κ2) is 8.11. The minimum Gasteiger partial charge on any atom is -0.384 e. The molecule has 0 atom stereocenters. The molecule has 0 spiro atoms. The number of hydrogen-bond donors (Lipinski definition) is 2. The molecule has 0 aromatic heterocycles. The lowest BCUT2D eigenvalue weighted by molar-refractivity contribution is -0.121. The molecule has 1 rings (SSSR count). The molecule has 0 saturated heterocycles. The lowest BCUT2D eigenvalue weighted by Crippen LogP contribution is -2.28. The normalized spacial score (nSPS) is 10.2. The SMILES string of the molecule is COCCNC(=O)CCNc1ccc(Br)cc1C. The van der Waals surface area contributed by atoms with Crippen molar-refractivity contribution in [1.82, 2.24) is 5.32 Å². The van der Waals surface area contributed by atoms with Crippen molar-refractivity contribution in [3.63, 3.8) is 0 Å². The fourth-order valence-corrected chi connectivity index (χ4v) is 1.99. The van der Waals surface area contributed by atoms with E-state index in [0.717, 1.165) is 15.7 Å². The van der Waals surface area contributed by atoms with E-state index in [1.807, 2.05) is 25.1 Å². The van der Waals surface area contributed by atoms with Gasteiger partial charge in [-0.05, 0) is 30.7 Å². The van der Waals surface area contributed by atoms with Crippen molar-refractivity contribution < 1.29 is 9.53 Å². The monoisotopic (exact) mass is 314 g/mol. The van der Waals surface area contributed by atoms with Crippen molar-refractivity contribution in [3.05, 3.63) is 28.2 Å². The first-order valence-corrected chi connectivity index (χ1v) is 6.68. The molecule has 0 aliphatic carbocycles. The number of ether oxygens (including phenoxy) is 1. The third kappa shape index (κ3) is 5.51. The third-order valence-corrected chi connectivity index (χ3v) is 2.98. The van der Waals surface area contributed by atoms with E-state index in [1.165, 1.54) is 0 Å². The van der Waals surface area contributed by atoms with E-state index in [9.17, 15) is 4.79 Å². The molecule has 2 N–H and O–H groups in total. The summed E-state index contributed by atoms with van der Waals surface area (Å²) in [5.41, 5.74) is 2.21. The van der Waals surface area contributed by atoms with E-state index in [1.54, 1.807) is 7.11 Å². The van der Waals surface area contributed by atoms with Crippen molar-refractivity contribution in [1.29, 1.82) is 0 Å². The molecule has 1 amide bonds. The van der Waals surface area contributed by atoms with Gasteiger partial charge in [0, 0.05) is 36.8 Å². The van der Waals surface area contributed by atoms with Gasteiger partial charge in [-0.2, -0.15) is 0 Å². The predicted molar refractivity (Wildman–Crippen MR) is 76.9 cm³/mol. The van der Waals surface area contributed by atoms with Gasteiger partial charge in [0.05, 0.1) is 6.61 Å². The van der Waals surface area contributed by atoms with Crippen LogP contribution in [0.4, 0.5) is 5.69 Å². The Kier molecular flexibility index (Phi) is 6.75. The van der Waals surface area contributed by atoms with Gasteiger partial charge in [-0.25, -0.2) is 0 Å². The summed E-state index contributed by atoms with van der Waals surface area (Å²) >= 11 is 3.42. The quantitative estimate of drug-likeness (QED) is 0.759. The van der Waals surface area contributed by atoms with E-state index in [0.29, 0.717) is 26.1 Å². The summed E-state index contributed by atoms with van der Waals surface area (Å²) in [5, 5.41) is 6.03. The Labute approximate surface area is 116 Å². The first kappa shape index (κ1) is 15.0. The molecule has 4 nitrogen and oxygen atoms in total. The summed E-state index contributed by atoms with van der Waals surface area (Å²) in [6.07, 6.45) is 0.458. The highest BCUT2D eigenvalue weighted by Gasteiger charge is 2.02. The number of halogens is 1. The first-order valence-electron chi connectivity index (χ1n) is 5.89. The summed E-state index contributed by atoms with van der Waals surface area (Å²) < 4.78 is 5.92. The zero-order valence-corrected chi connectivity index (χ0v) is 12.3. The van der Waals surface area contributed by atoms with E-state index < -0.39 is 0 Å². The number of carbonyl (C=O) groups is 1. The lowest BCUT2D eigenvalue weighted by atomic mass is 10.2. The topological polar surface area (TPSA) is 50.4 Å². The van der Waals surface area contributed by atoms with Gasteiger partial charge in [0.15, 0.2) is 0 Å². The minimum absolute atomic E-state index is 0.0364. The molecule has 1 aromatic rings. The van der Waals surface area contributed by atoms with Crippen LogP contribution in [0.2, 0.25) is 0 Å². The van der Waals surface area contributed by atoms with Crippen LogP contribution in [0.15, 0.2) is 22.7 Å². The molecule has 1 aromatic carbocycles. The second-order valence-electron chi connectivity index (χ2n) is 3.98. The van der Waals surface area contributed by atoms with Gasteiger partial charge in [-0.15, -0.1) is 0 Å². The van der Waals surface area contributed by atoms with Crippen LogP contribution in [0.1, 0.15) is 12.0 Å². The second-order valence-corrected chi connectivity index (χ2v) is 4.89. The average Bonchev–Trinajstić information content (AvgIpc) is 2.32. The van der Waals surface area contributed by atoms with E-state index in [4.69, 9.17) is 4.74 Å². The summed E-state index contributed by atoms with van der Waals surface area (Å²) in [5.74, 6) is 0.0364. The first-order chi connectivity index (χ1) is 8.63. The molecule has 0 aliphatic heterocycles. The minimum atomic E-state index is 0.0364. The molecule has 0 saturated carbocycles. The van der Waals surface area contributed by atoms with Gasteiger partial charge in [0.2, 0.25) is 5.91 Å². The molecule has 0 heterocycles. The molecule has 0 fully saturated rings. The van der Waals surface area contributed by atoms with Gasteiger partial charge in [0.1, 0.15) is 0 Å². The zero-order valence-electron chi connectivity index (χ0n) is 10.8. The van der Waals surface area contributed by atoms with E-state index in [2.05, 4.69) is 26.6 Å². The molecular formula is C13H19BrN2O2. The number of amides is 1. The molecular weight excluding hydrogens is 296 g/mol. The Morgan fingerprint density at radius 1 is 1.39 bits per heavy atom. The van der Waals surface area contributed by atoms with Gasteiger partial charge in [0.25, 0.3) is 0 Å². The summed E-state index contributed by atoms with van der Waals surface area (Å²) in [7, 11) is 1.62. The van der Waals surface area contributed by atoms with Crippen LogP contribution in [0.5, 0.6) is 0 Å². The van der Waals surface area contributed by atoms with Crippen LogP contribution in [0.3, 0.4) is 0 Å². The smallest absolute Gasteiger partial charge is 0.221 e. The van der Waals surface area contributed by atoms with Gasteiger partial charge in [-0.3, -0.25) is 4.79 Å². The average molecular weight is 315 g/mol. The number of aryl methyl sites for hydroxylation is 1. The van der Waals surface area contributed by atoms with Crippen molar-refractivity contribution in [3.8, 4) is 0 Å². The standard InChI is InChI=1S/C13H19BrN2O2/c1-10-9-11(14)3-4-12(10)15-6-5-13(17)16-7-8-18-2/h3-4,9,15H,5-8H2,1-2H3,(H,16,17). The number of nitrogens with one attached hydrogen (secondary N) is 2. The molecule has 0 bridgehead atoms. The maximum atomic E-state index is 11.4. The molecule has 0 aliphatic rings. The van der Waals surface area contributed by atoms with Gasteiger partial charge < -0.3 is 15.4 Å². The number of methoxy groups -OCH3 is 1. The van der Waals surface area contributed by atoms with Crippen LogP contribution in [-0.2, 0) is 9.53 Å². The zero-order chi connectivity index (χ0) is 13.4. The molecule has 0 radical (unpaired) electrons. The van der Waals surface area contributed by atoms with Crippen LogP contribution in [0.25, 0.3) is 0 Å². The fourth-order valence-electron chi connectivity index (χ4n) is 1.52. The van der Waals surface area contributed by atoms with Crippen LogP contribution in [-0.4, -0.2) is 32.7 Å². The number of benzene rings is 1. The molecule has 100 valence electrons. The Bertz CT molecular complexity index is 397. The third-order valence-electron chi connectivity index (χ3n) is 2.48. The van der Waals surface area contributed by atoms with Crippen LogP contribution >= 0.6 is 15.9 Å². The molecule has 5 heteroatoms. The summed E-state index contributed by atoms with van der Waals surface area (Å²) in [4.78, 5) is 11.4. The van der Waals surface area contributed by atoms with Gasteiger partial charge >= 0.3 is 0 Å². The van der Waals surface area contributed by atoms with E-state index in [-0.39, 0.29) is 5.91 Å². The number of anilines is 1. The van der Waals surface area contributed by atoms with Crippen LogP contribution in [0, 0.1) is 6.92 Å². The maximum absolute atomic E-state index is 11.4. The van der Waals surface area contributed by atoms with Crippen molar-refractivity contribution in [2.24, 2.45) is 0 Å². The van der Waals surface area contributed by atoms with Crippen molar-refractivity contribution in [2.75, 3.05) is 32.1 Å². The Morgan fingerprint density at radius 2 is 2.17 bits per heavy atom. The highest BCUT2D eigenvalue weighted by atomic mass is 79.9. The van der Waals surface area contributed by atoms with Crippen molar-refractivity contribution >= 4 is 27.5 Å². The lowest BCUT2D eigenvalue weighted by Gasteiger charge is -2.10. The molecule has 18 heavy (non-hydrogen) atoms. The van der Waals surface area contributed by atoms with E-state index >= 15 is 0 Å².